The number of aromatic nitrogens is 1. The molecule has 3 N–H and O–H groups in total. The van der Waals surface area contributed by atoms with Gasteiger partial charge < -0.3 is 15.8 Å². The van der Waals surface area contributed by atoms with Gasteiger partial charge in [0, 0.05) is 31.4 Å². The fourth-order valence-electron chi connectivity index (χ4n) is 2.62. The summed E-state index contributed by atoms with van der Waals surface area (Å²) in [5.41, 5.74) is 7.39. The van der Waals surface area contributed by atoms with E-state index >= 15 is 0 Å². The van der Waals surface area contributed by atoms with Crippen LogP contribution in [0.4, 0.5) is 5.82 Å². The number of piperazine rings is 1. The average molecular weight is 277 g/mol. The van der Waals surface area contributed by atoms with Gasteiger partial charge in [-0.25, -0.2) is 4.98 Å². The molecule has 1 aromatic rings. The van der Waals surface area contributed by atoms with Gasteiger partial charge in [-0.2, -0.15) is 0 Å². The lowest BCUT2D eigenvalue weighted by atomic mass is 10.1. The maximum Gasteiger partial charge on any atom is 0.173 e. The molecule has 2 rings (SSSR count). The van der Waals surface area contributed by atoms with Gasteiger partial charge in [0.25, 0.3) is 0 Å². The predicted octanol–water partition coefficient (Wildman–Crippen LogP) is 1.01. The minimum absolute atomic E-state index is 0.111. The van der Waals surface area contributed by atoms with Crippen molar-refractivity contribution in [3.8, 4) is 0 Å². The second kappa shape index (κ2) is 6.09. The first-order valence-corrected chi connectivity index (χ1v) is 6.97. The topological polar surface area (TPSA) is 78.0 Å². The van der Waals surface area contributed by atoms with E-state index in [9.17, 15) is 0 Å². The van der Waals surface area contributed by atoms with Crippen LogP contribution in [0, 0.1) is 6.92 Å². The number of aryl methyl sites for hydroxylation is 1. The third-order valence-corrected chi connectivity index (χ3v) is 3.95. The Balaban J connectivity index is 2.34. The second-order valence-corrected chi connectivity index (χ2v) is 5.30. The minimum Gasteiger partial charge on any atom is -0.409 e. The van der Waals surface area contributed by atoms with Crippen molar-refractivity contribution in [2.45, 2.75) is 26.3 Å². The first-order chi connectivity index (χ1) is 9.56. The van der Waals surface area contributed by atoms with Crippen LogP contribution in [0.1, 0.15) is 24.6 Å². The molecule has 1 aromatic heterocycles. The first kappa shape index (κ1) is 14.6. The van der Waals surface area contributed by atoms with E-state index < -0.39 is 0 Å². The van der Waals surface area contributed by atoms with Gasteiger partial charge in [0.15, 0.2) is 5.84 Å². The highest BCUT2D eigenvalue weighted by Gasteiger charge is 2.26. The first-order valence-electron chi connectivity index (χ1n) is 6.97. The van der Waals surface area contributed by atoms with E-state index in [1.54, 1.807) is 0 Å². The highest BCUT2D eigenvalue weighted by Crippen LogP contribution is 2.22. The Hall–Kier alpha value is -1.82. The number of hydrogen-bond donors (Lipinski definition) is 2. The van der Waals surface area contributed by atoms with Crippen molar-refractivity contribution in [3.63, 3.8) is 0 Å². The lowest BCUT2D eigenvalue weighted by Crippen LogP contribution is -2.51. The summed E-state index contributed by atoms with van der Waals surface area (Å²) in [6, 6.07) is 4.25. The summed E-state index contributed by atoms with van der Waals surface area (Å²) in [4.78, 5) is 9.20. The van der Waals surface area contributed by atoms with Crippen LogP contribution >= 0.6 is 0 Å². The SMILES string of the molecule is CCC1CN(c2nc(C)ccc2C(N)=NO)CCN1C. The summed E-state index contributed by atoms with van der Waals surface area (Å²) in [6.07, 6.45) is 1.09. The molecule has 20 heavy (non-hydrogen) atoms. The number of rotatable bonds is 3. The van der Waals surface area contributed by atoms with Crippen LogP contribution in [0.15, 0.2) is 17.3 Å². The number of nitrogens with zero attached hydrogens (tertiary/aromatic N) is 4. The van der Waals surface area contributed by atoms with E-state index in [1.165, 1.54) is 0 Å². The monoisotopic (exact) mass is 277 g/mol. The van der Waals surface area contributed by atoms with Crippen LogP contribution in [0.25, 0.3) is 0 Å². The molecule has 0 aromatic carbocycles. The van der Waals surface area contributed by atoms with E-state index in [0.717, 1.165) is 37.6 Å². The third-order valence-electron chi connectivity index (χ3n) is 3.95. The number of anilines is 1. The number of nitrogens with two attached hydrogens (primary N) is 1. The molecule has 0 saturated carbocycles. The van der Waals surface area contributed by atoms with Crippen molar-refractivity contribution in [2.24, 2.45) is 10.9 Å². The van der Waals surface area contributed by atoms with Gasteiger partial charge in [-0.05, 0) is 32.5 Å². The van der Waals surface area contributed by atoms with E-state index in [0.29, 0.717) is 11.6 Å². The number of amidine groups is 1. The third kappa shape index (κ3) is 2.85. The lowest BCUT2D eigenvalue weighted by molar-refractivity contribution is 0.213. The van der Waals surface area contributed by atoms with Gasteiger partial charge in [0.1, 0.15) is 5.82 Å². The molecule has 0 bridgehead atoms. The summed E-state index contributed by atoms with van der Waals surface area (Å²) in [5, 5.41) is 12.0. The Bertz CT molecular complexity index is 502. The Kier molecular flexibility index (Phi) is 4.44. The van der Waals surface area contributed by atoms with Crippen LogP contribution < -0.4 is 10.6 Å². The molecule has 6 heteroatoms. The largest absolute Gasteiger partial charge is 0.409 e. The van der Waals surface area contributed by atoms with E-state index in [2.05, 4.69) is 33.9 Å². The second-order valence-electron chi connectivity index (χ2n) is 5.30. The number of pyridine rings is 1. The smallest absolute Gasteiger partial charge is 0.173 e. The van der Waals surface area contributed by atoms with Gasteiger partial charge in [-0.3, -0.25) is 4.90 Å². The zero-order valence-electron chi connectivity index (χ0n) is 12.4. The van der Waals surface area contributed by atoms with Gasteiger partial charge >= 0.3 is 0 Å². The van der Waals surface area contributed by atoms with Crippen LogP contribution in [0.2, 0.25) is 0 Å². The van der Waals surface area contributed by atoms with E-state index in [4.69, 9.17) is 10.9 Å². The van der Waals surface area contributed by atoms with Crippen molar-refractivity contribution < 1.29 is 5.21 Å². The van der Waals surface area contributed by atoms with Crippen LogP contribution in [0.3, 0.4) is 0 Å². The molecule has 1 saturated heterocycles. The number of likely N-dealkylation sites (N-methyl/N-ethyl adjacent to an activating group) is 1. The molecule has 0 aliphatic carbocycles. The zero-order chi connectivity index (χ0) is 14.7. The maximum atomic E-state index is 8.93. The molecule has 0 radical (unpaired) electrons. The molecule has 0 amide bonds. The predicted molar refractivity (Wildman–Crippen MR) is 80.4 cm³/mol. The molecule has 1 unspecified atom stereocenters. The molecular weight excluding hydrogens is 254 g/mol. The normalized spacial score (nSPS) is 21.2. The summed E-state index contributed by atoms with van der Waals surface area (Å²) < 4.78 is 0. The molecule has 1 aliphatic rings. The van der Waals surface area contributed by atoms with Crippen LogP contribution in [-0.2, 0) is 0 Å². The van der Waals surface area contributed by atoms with Gasteiger partial charge in [0.2, 0.25) is 0 Å². The number of hydrogen-bond acceptors (Lipinski definition) is 5. The van der Waals surface area contributed by atoms with E-state index in [-0.39, 0.29) is 5.84 Å². The quantitative estimate of drug-likeness (QED) is 0.373. The minimum atomic E-state index is 0.111. The lowest BCUT2D eigenvalue weighted by Gasteiger charge is -2.40. The highest BCUT2D eigenvalue weighted by molar-refractivity contribution is 6.01. The summed E-state index contributed by atoms with van der Waals surface area (Å²) in [7, 11) is 2.15. The van der Waals surface area contributed by atoms with Gasteiger partial charge in [-0.15, -0.1) is 0 Å². The standard InChI is InChI=1S/C14H23N5O/c1-4-11-9-19(8-7-18(11)3)14-12(13(15)17-20)6-5-10(2)16-14/h5-6,11,20H,4,7-9H2,1-3H3,(H2,15,17). The fourth-order valence-corrected chi connectivity index (χ4v) is 2.62. The van der Waals surface area contributed by atoms with Gasteiger partial charge in [-0.1, -0.05) is 12.1 Å². The molecule has 0 spiro atoms. The van der Waals surface area contributed by atoms with Crippen molar-refractivity contribution >= 4 is 11.7 Å². The van der Waals surface area contributed by atoms with Crippen LogP contribution in [-0.4, -0.2) is 53.7 Å². The van der Waals surface area contributed by atoms with Crippen molar-refractivity contribution in [2.75, 3.05) is 31.6 Å². The molecule has 1 atom stereocenters. The molecule has 2 heterocycles. The highest BCUT2D eigenvalue weighted by atomic mass is 16.4. The zero-order valence-corrected chi connectivity index (χ0v) is 12.4. The van der Waals surface area contributed by atoms with Gasteiger partial charge in [0.05, 0.1) is 5.56 Å². The summed E-state index contributed by atoms with van der Waals surface area (Å²) in [5.74, 6) is 0.923. The molecule has 1 fully saturated rings. The Morgan fingerprint density at radius 2 is 2.25 bits per heavy atom. The summed E-state index contributed by atoms with van der Waals surface area (Å²) >= 11 is 0. The summed E-state index contributed by atoms with van der Waals surface area (Å²) in [6.45, 7) is 6.94. The van der Waals surface area contributed by atoms with Crippen molar-refractivity contribution in [1.82, 2.24) is 9.88 Å². The molecule has 6 nitrogen and oxygen atoms in total. The Labute approximate surface area is 119 Å². The van der Waals surface area contributed by atoms with Crippen LogP contribution in [0.5, 0.6) is 0 Å². The maximum absolute atomic E-state index is 8.93. The Morgan fingerprint density at radius 3 is 2.90 bits per heavy atom. The molecule has 110 valence electrons. The Morgan fingerprint density at radius 1 is 1.50 bits per heavy atom. The molecular formula is C14H23N5O. The average Bonchev–Trinajstić information content (AvgIpc) is 2.47. The van der Waals surface area contributed by atoms with Crippen molar-refractivity contribution in [3.05, 3.63) is 23.4 Å². The van der Waals surface area contributed by atoms with E-state index in [1.807, 2.05) is 19.1 Å². The number of oxime groups is 1. The van der Waals surface area contributed by atoms with Crippen molar-refractivity contribution in [1.29, 1.82) is 0 Å². The fraction of sp³-hybridized carbons (Fsp3) is 0.571. The molecule has 1 aliphatic heterocycles.